The second kappa shape index (κ2) is 5.71. The molecule has 0 aliphatic heterocycles. The van der Waals surface area contributed by atoms with E-state index in [0.717, 1.165) is 5.56 Å². The van der Waals surface area contributed by atoms with Gasteiger partial charge >= 0.3 is 0 Å². The van der Waals surface area contributed by atoms with Crippen molar-refractivity contribution in [3.8, 4) is 0 Å². The Kier molecular flexibility index (Phi) is 4.02. The lowest BCUT2D eigenvalue weighted by Crippen LogP contribution is -2.17. The van der Waals surface area contributed by atoms with E-state index in [0.29, 0.717) is 22.1 Å². The zero-order valence-corrected chi connectivity index (χ0v) is 11.4. The van der Waals surface area contributed by atoms with Crippen molar-refractivity contribution in [3.05, 3.63) is 58.0 Å². The molecule has 1 aromatic carbocycles. The number of halogens is 1. The van der Waals surface area contributed by atoms with Gasteiger partial charge in [0.2, 0.25) is 0 Å². The summed E-state index contributed by atoms with van der Waals surface area (Å²) in [6.07, 6.45) is 1.50. The number of hydrogen-bond donors (Lipinski definition) is 1. The van der Waals surface area contributed by atoms with Gasteiger partial charge in [-0.1, -0.05) is 29.8 Å². The van der Waals surface area contributed by atoms with Crippen LogP contribution in [0.2, 0.25) is 5.02 Å². The molecule has 0 radical (unpaired) electrons. The fourth-order valence-electron chi connectivity index (χ4n) is 1.66. The standard InChI is InChI=1S/C14H13ClN2O2/c1-9-7-12(10(2)19-9)14(18)17-16-8-11-5-3-4-6-13(11)15/h3-8H,1-2H3,(H,17,18). The number of aryl methyl sites for hydroxylation is 2. The maximum Gasteiger partial charge on any atom is 0.274 e. The second-order valence-corrected chi connectivity index (χ2v) is 4.45. The highest BCUT2D eigenvalue weighted by atomic mass is 35.5. The van der Waals surface area contributed by atoms with Crippen LogP contribution in [0.25, 0.3) is 0 Å². The first-order valence-corrected chi connectivity index (χ1v) is 6.10. The summed E-state index contributed by atoms with van der Waals surface area (Å²) in [4.78, 5) is 11.8. The van der Waals surface area contributed by atoms with Gasteiger partial charge in [-0.2, -0.15) is 5.10 Å². The minimum Gasteiger partial charge on any atom is -0.466 e. The molecule has 0 atom stereocenters. The average molecular weight is 277 g/mol. The van der Waals surface area contributed by atoms with Crippen molar-refractivity contribution in [2.75, 3.05) is 0 Å². The smallest absolute Gasteiger partial charge is 0.274 e. The van der Waals surface area contributed by atoms with E-state index < -0.39 is 0 Å². The summed E-state index contributed by atoms with van der Waals surface area (Å²) in [7, 11) is 0. The van der Waals surface area contributed by atoms with Crippen molar-refractivity contribution < 1.29 is 9.21 Å². The Balaban J connectivity index is 2.05. The number of amides is 1. The molecule has 1 aromatic heterocycles. The molecule has 0 aliphatic rings. The third-order valence-corrected chi connectivity index (χ3v) is 2.90. The number of furan rings is 1. The zero-order valence-electron chi connectivity index (χ0n) is 10.6. The van der Waals surface area contributed by atoms with E-state index in [4.69, 9.17) is 16.0 Å². The molecule has 0 saturated carbocycles. The summed E-state index contributed by atoms with van der Waals surface area (Å²) < 4.78 is 5.29. The Morgan fingerprint density at radius 1 is 1.37 bits per heavy atom. The van der Waals surface area contributed by atoms with E-state index in [1.807, 2.05) is 18.2 Å². The fourth-order valence-corrected chi connectivity index (χ4v) is 1.84. The summed E-state index contributed by atoms with van der Waals surface area (Å²) >= 11 is 5.97. The van der Waals surface area contributed by atoms with Gasteiger partial charge in [0.25, 0.3) is 5.91 Å². The van der Waals surface area contributed by atoms with Crippen LogP contribution < -0.4 is 5.43 Å². The minimum atomic E-state index is -0.308. The Labute approximate surface area is 116 Å². The summed E-state index contributed by atoms with van der Waals surface area (Å²) in [6, 6.07) is 8.92. The first kappa shape index (κ1) is 13.4. The molecule has 98 valence electrons. The predicted octanol–water partition coefficient (Wildman–Crippen LogP) is 3.31. The van der Waals surface area contributed by atoms with E-state index in [2.05, 4.69) is 10.5 Å². The van der Waals surface area contributed by atoms with Gasteiger partial charge in [0, 0.05) is 10.6 Å². The van der Waals surface area contributed by atoms with Crippen LogP contribution in [-0.4, -0.2) is 12.1 Å². The van der Waals surface area contributed by atoms with E-state index in [1.54, 1.807) is 26.0 Å². The number of nitrogens with zero attached hydrogens (tertiary/aromatic N) is 1. The van der Waals surface area contributed by atoms with Crippen LogP contribution in [0.1, 0.15) is 27.4 Å². The average Bonchev–Trinajstić information content (AvgIpc) is 2.71. The quantitative estimate of drug-likeness (QED) is 0.691. The zero-order chi connectivity index (χ0) is 13.8. The van der Waals surface area contributed by atoms with Gasteiger partial charge in [0.1, 0.15) is 11.5 Å². The topological polar surface area (TPSA) is 54.6 Å². The Bertz CT molecular complexity index is 632. The summed E-state index contributed by atoms with van der Waals surface area (Å²) in [6.45, 7) is 3.52. The van der Waals surface area contributed by atoms with E-state index >= 15 is 0 Å². The molecular formula is C14H13ClN2O2. The van der Waals surface area contributed by atoms with Crippen LogP contribution in [0, 0.1) is 13.8 Å². The highest BCUT2D eigenvalue weighted by Gasteiger charge is 2.12. The molecule has 1 amide bonds. The van der Waals surface area contributed by atoms with Gasteiger partial charge in [0.15, 0.2) is 0 Å². The van der Waals surface area contributed by atoms with Crippen LogP contribution in [0.5, 0.6) is 0 Å². The number of carbonyl (C=O) groups excluding carboxylic acids is 1. The third kappa shape index (κ3) is 3.23. The van der Waals surface area contributed by atoms with E-state index in [9.17, 15) is 4.79 Å². The normalized spacial score (nSPS) is 10.9. The lowest BCUT2D eigenvalue weighted by atomic mass is 10.2. The Hall–Kier alpha value is -2.07. The lowest BCUT2D eigenvalue weighted by molar-refractivity contribution is 0.0953. The molecule has 1 heterocycles. The second-order valence-electron chi connectivity index (χ2n) is 4.05. The van der Waals surface area contributed by atoms with Crippen LogP contribution >= 0.6 is 11.6 Å². The molecule has 2 rings (SSSR count). The molecular weight excluding hydrogens is 264 g/mol. The van der Waals surface area contributed by atoms with Crippen molar-refractivity contribution in [1.82, 2.24) is 5.43 Å². The monoisotopic (exact) mass is 276 g/mol. The third-order valence-electron chi connectivity index (χ3n) is 2.56. The summed E-state index contributed by atoms with van der Waals surface area (Å²) in [5.41, 5.74) is 3.66. The molecule has 4 nitrogen and oxygen atoms in total. The van der Waals surface area contributed by atoms with E-state index in [-0.39, 0.29) is 5.91 Å². The van der Waals surface area contributed by atoms with Gasteiger partial charge in [0.05, 0.1) is 11.8 Å². The van der Waals surface area contributed by atoms with Gasteiger partial charge in [-0.3, -0.25) is 4.79 Å². The molecule has 0 unspecified atom stereocenters. The summed E-state index contributed by atoms with van der Waals surface area (Å²) in [5, 5.41) is 4.46. The van der Waals surface area contributed by atoms with Gasteiger partial charge < -0.3 is 4.42 Å². The van der Waals surface area contributed by atoms with Crippen molar-refractivity contribution in [2.45, 2.75) is 13.8 Å². The largest absolute Gasteiger partial charge is 0.466 e. The van der Waals surface area contributed by atoms with Gasteiger partial charge in [-0.05, 0) is 26.0 Å². The molecule has 0 spiro atoms. The molecule has 5 heteroatoms. The summed E-state index contributed by atoms with van der Waals surface area (Å²) in [5.74, 6) is 0.957. The Morgan fingerprint density at radius 2 is 2.11 bits per heavy atom. The van der Waals surface area contributed by atoms with Crippen molar-refractivity contribution in [1.29, 1.82) is 0 Å². The molecule has 0 aliphatic carbocycles. The molecule has 19 heavy (non-hydrogen) atoms. The predicted molar refractivity (Wildman–Crippen MR) is 74.7 cm³/mol. The number of benzene rings is 1. The minimum absolute atomic E-state index is 0.308. The molecule has 0 fully saturated rings. The van der Waals surface area contributed by atoms with E-state index in [1.165, 1.54) is 6.21 Å². The maximum absolute atomic E-state index is 11.8. The van der Waals surface area contributed by atoms with Crippen molar-refractivity contribution in [3.63, 3.8) is 0 Å². The molecule has 0 bridgehead atoms. The lowest BCUT2D eigenvalue weighted by Gasteiger charge is -1.98. The number of hydrazone groups is 1. The van der Waals surface area contributed by atoms with Gasteiger partial charge in [-0.15, -0.1) is 0 Å². The van der Waals surface area contributed by atoms with Gasteiger partial charge in [-0.25, -0.2) is 5.43 Å². The Morgan fingerprint density at radius 3 is 2.74 bits per heavy atom. The first-order chi connectivity index (χ1) is 9.08. The number of hydrogen-bond acceptors (Lipinski definition) is 3. The number of nitrogens with one attached hydrogen (secondary N) is 1. The highest BCUT2D eigenvalue weighted by Crippen LogP contribution is 2.14. The highest BCUT2D eigenvalue weighted by molar-refractivity contribution is 6.33. The van der Waals surface area contributed by atoms with Crippen LogP contribution in [0.15, 0.2) is 39.9 Å². The molecule has 0 saturated heterocycles. The van der Waals surface area contributed by atoms with Crippen LogP contribution in [0.3, 0.4) is 0 Å². The van der Waals surface area contributed by atoms with Crippen LogP contribution in [0.4, 0.5) is 0 Å². The maximum atomic E-state index is 11.8. The molecule has 1 N–H and O–H groups in total. The van der Waals surface area contributed by atoms with Crippen molar-refractivity contribution >= 4 is 23.7 Å². The molecule has 2 aromatic rings. The fraction of sp³-hybridized carbons (Fsp3) is 0.143. The first-order valence-electron chi connectivity index (χ1n) is 5.73. The van der Waals surface area contributed by atoms with Crippen molar-refractivity contribution in [2.24, 2.45) is 5.10 Å². The van der Waals surface area contributed by atoms with Crippen LogP contribution in [-0.2, 0) is 0 Å². The SMILES string of the molecule is Cc1cc(C(=O)NN=Cc2ccccc2Cl)c(C)o1. The number of rotatable bonds is 3. The number of carbonyl (C=O) groups is 1.